The van der Waals surface area contributed by atoms with Crippen LogP contribution in [-0.2, 0) is 4.79 Å². The van der Waals surface area contributed by atoms with E-state index in [1.165, 1.54) is 6.33 Å². The minimum atomic E-state index is -0.431. The van der Waals surface area contributed by atoms with E-state index < -0.39 is 6.04 Å². The van der Waals surface area contributed by atoms with E-state index in [2.05, 4.69) is 36.6 Å². The predicted octanol–water partition coefficient (Wildman–Crippen LogP) is 4.29. The fourth-order valence-corrected chi connectivity index (χ4v) is 4.01. The number of hydrogen-bond donors (Lipinski definition) is 2. The maximum atomic E-state index is 13.3. The number of hydrogen-bond acceptors (Lipinski definition) is 5. The van der Waals surface area contributed by atoms with Crippen LogP contribution in [0, 0.1) is 6.92 Å². The Balaban J connectivity index is 1.79. The Morgan fingerprint density at radius 1 is 1.24 bits per heavy atom. The number of para-hydroxylation sites is 1. The topological polar surface area (TPSA) is 81.1 Å². The van der Waals surface area contributed by atoms with Gasteiger partial charge >= 0.3 is 0 Å². The number of nitrogens with one attached hydrogen (secondary N) is 2. The van der Waals surface area contributed by atoms with E-state index >= 15 is 0 Å². The number of aryl methyl sites for hydroxylation is 1. The lowest BCUT2D eigenvalue weighted by molar-refractivity contribution is -0.113. The molecule has 0 saturated heterocycles. The highest BCUT2D eigenvalue weighted by atomic mass is 79.9. The van der Waals surface area contributed by atoms with E-state index in [4.69, 9.17) is 4.74 Å². The number of carbonyl (C=O) groups excluding carboxylic acids is 1. The first-order chi connectivity index (χ1) is 14.0. The number of methoxy groups -OCH3 is 1. The molecule has 8 heteroatoms. The zero-order valence-corrected chi connectivity index (χ0v) is 17.8. The third-order valence-electron chi connectivity index (χ3n) is 4.92. The molecular weight excluding hydrogens is 434 g/mol. The van der Waals surface area contributed by atoms with Gasteiger partial charge in [0.05, 0.1) is 17.2 Å². The zero-order chi connectivity index (χ0) is 20.5. The van der Waals surface area contributed by atoms with Crippen molar-refractivity contribution in [2.24, 2.45) is 0 Å². The summed E-state index contributed by atoms with van der Waals surface area (Å²) in [5.74, 6) is 1.11. The first-order valence-electron chi connectivity index (χ1n) is 9.07. The lowest BCUT2D eigenvalue weighted by atomic mass is 9.95. The van der Waals surface area contributed by atoms with Gasteiger partial charge in [-0.05, 0) is 59.1 Å². The average molecular weight is 454 g/mol. The Morgan fingerprint density at radius 2 is 2.03 bits per heavy atom. The van der Waals surface area contributed by atoms with E-state index in [-0.39, 0.29) is 5.91 Å². The van der Waals surface area contributed by atoms with E-state index in [1.807, 2.05) is 56.3 Å². The molecule has 0 unspecified atom stereocenters. The largest absolute Gasteiger partial charge is 0.496 e. The van der Waals surface area contributed by atoms with Crippen LogP contribution in [0.5, 0.6) is 5.75 Å². The molecule has 0 bridgehead atoms. The van der Waals surface area contributed by atoms with E-state index in [9.17, 15) is 4.79 Å². The molecular formula is C21H20BrN5O2. The Bertz CT molecular complexity index is 1120. The van der Waals surface area contributed by atoms with Crippen LogP contribution >= 0.6 is 15.9 Å². The molecule has 0 radical (unpaired) electrons. The highest BCUT2D eigenvalue weighted by Gasteiger charge is 2.33. The molecule has 0 spiro atoms. The van der Waals surface area contributed by atoms with Gasteiger partial charge in [-0.2, -0.15) is 10.1 Å². The van der Waals surface area contributed by atoms with Crippen LogP contribution in [0.3, 0.4) is 0 Å². The number of halogens is 1. The number of aromatic nitrogens is 3. The van der Waals surface area contributed by atoms with Crippen LogP contribution in [0.2, 0.25) is 0 Å². The quantitative estimate of drug-likeness (QED) is 0.615. The zero-order valence-electron chi connectivity index (χ0n) is 16.2. The standard InChI is InChI=1S/C21H20BrN5O2/c1-12-6-4-5-7-16(12)26-20(28)18-13(2)25-21-23-11-24-27(21)19(18)14-8-9-17(29-3)15(22)10-14/h4-11,19H,1-3H3,(H,26,28)(H,23,24,25)/t19-/m0/s1. The van der Waals surface area contributed by atoms with Gasteiger partial charge < -0.3 is 15.4 Å². The highest BCUT2D eigenvalue weighted by molar-refractivity contribution is 9.10. The van der Waals surface area contributed by atoms with Gasteiger partial charge in [0.15, 0.2) is 0 Å². The number of nitrogens with zero attached hydrogens (tertiary/aromatic N) is 3. The van der Waals surface area contributed by atoms with E-state index in [1.54, 1.807) is 11.8 Å². The number of amides is 1. The minimum Gasteiger partial charge on any atom is -0.496 e. The van der Waals surface area contributed by atoms with Crippen molar-refractivity contribution in [1.29, 1.82) is 0 Å². The van der Waals surface area contributed by atoms with Gasteiger partial charge in [0.25, 0.3) is 5.91 Å². The molecule has 0 aliphatic carbocycles. The van der Waals surface area contributed by atoms with Gasteiger partial charge in [0.1, 0.15) is 18.1 Å². The molecule has 0 saturated carbocycles. The number of allylic oxidation sites excluding steroid dienone is 1. The second-order valence-electron chi connectivity index (χ2n) is 6.76. The summed E-state index contributed by atoms with van der Waals surface area (Å²) in [6, 6.07) is 13.0. The number of ether oxygens (including phenoxy) is 1. The van der Waals surface area contributed by atoms with Gasteiger partial charge in [-0.1, -0.05) is 24.3 Å². The number of rotatable bonds is 4. The van der Waals surface area contributed by atoms with Crippen LogP contribution in [0.15, 0.2) is 64.5 Å². The fourth-order valence-electron chi connectivity index (χ4n) is 3.45. The second-order valence-corrected chi connectivity index (χ2v) is 7.61. The first-order valence-corrected chi connectivity index (χ1v) is 9.86. The van der Waals surface area contributed by atoms with Crippen LogP contribution in [0.4, 0.5) is 11.6 Å². The Kier molecular flexibility index (Phi) is 5.10. The number of carbonyl (C=O) groups is 1. The molecule has 1 atom stereocenters. The Morgan fingerprint density at radius 3 is 2.76 bits per heavy atom. The van der Waals surface area contributed by atoms with Gasteiger partial charge in [-0.3, -0.25) is 4.79 Å². The lowest BCUT2D eigenvalue weighted by Gasteiger charge is -2.29. The summed E-state index contributed by atoms with van der Waals surface area (Å²) in [5, 5.41) is 10.6. The number of benzene rings is 2. The van der Waals surface area contributed by atoms with Crippen molar-refractivity contribution in [3.05, 3.63) is 75.7 Å². The second kappa shape index (κ2) is 7.71. The molecule has 1 amide bonds. The summed E-state index contributed by atoms with van der Waals surface area (Å²) >= 11 is 3.54. The van der Waals surface area contributed by atoms with Crippen LogP contribution in [-0.4, -0.2) is 27.8 Å². The van der Waals surface area contributed by atoms with Crippen LogP contribution in [0.25, 0.3) is 0 Å². The molecule has 1 aromatic heterocycles. The summed E-state index contributed by atoms with van der Waals surface area (Å²) in [7, 11) is 1.62. The van der Waals surface area contributed by atoms with Gasteiger partial charge in [-0.25, -0.2) is 4.68 Å². The smallest absolute Gasteiger partial charge is 0.255 e. The van der Waals surface area contributed by atoms with Crippen molar-refractivity contribution in [3.63, 3.8) is 0 Å². The molecule has 29 heavy (non-hydrogen) atoms. The van der Waals surface area contributed by atoms with Crippen molar-refractivity contribution in [2.75, 3.05) is 17.7 Å². The first kappa shape index (κ1) is 19.2. The maximum Gasteiger partial charge on any atom is 0.255 e. The summed E-state index contributed by atoms with van der Waals surface area (Å²) < 4.78 is 7.86. The van der Waals surface area contributed by atoms with Crippen molar-refractivity contribution in [3.8, 4) is 5.75 Å². The van der Waals surface area contributed by atoms with Gasteiger partial charge in [0, 0.05) is 11.4 Å². The summed E-state index contributed by atoms with van der Waals surface area (Å²) in [4.78, 5) is 17.6. The maximum absolute atomic E-state index is 13.3. The molecule has 2 heterocycles. The predicted molar refractivity (Wildman–Crippen MR) is 115 cm³/mol. The third kappa shape index (κ3) is 3.51. The summed E-state index contributed by atoms with van der Waals surface area (Å²) in [6.45, 7) is 3.83. The Hall–Kier alpha value is -3.13. The van der Waals surface area contributed by atoms with Crippen molar-refractivity contribution in [1.82, 2.24) is 14.8 Å². The van der Waals surface area contributed by atoms with Gasteiger partial charge in [0.2, 0.25) is 5.95 Å². The molecule has 7 nitrogen and oxygen atoms in total. The fraction of sp³-hybridized carbons (Fsp3) is 0.190. The SMILES string of the molecule is COc1ccc([C@H]2C(C(=O)Nc3ccccc3C)=C(C)Nc3ncnn32)cc1Br. The van der Waals surface area contributed by atoms with Crippen molar-refractivity contribution < 1.29 is 9.53 Å². The lowest BCUT2D eigenvalue weighted by Crippen LogP contribution is -2.31. The monoisotopic (exact) mass is 453 g/mol. The molecule has 2 aromatic carbocycles. The molecule has 4 rings (SSSR count). The minimum absolute atomic E-state index is 0.192. The molecule has 1 aliphatic rings. The van der Waals surface area contributed by atoms with E-state index in [0.717, 1.165) is 27.0 Å². The normalized spacial score (nSPS) is 15.5. The molecule has 1 aliphatic heterocycles. The molecule has 3 aromatic rings. The molecule has 0 fully saturated rings. The van der Waals surface area contributed by atoms with Crippen molar-refractivity contribution >= 4 is 33.5 Å². The summed E-state index contributed by atoms with van der Waals surface area (Å²) in [6.07, 6.45) is 1.48. The molecule has 148 valence electrons. The van der Waals surface area contributed by atoms with Crippen molar-refractivity contribution in [2.45, 2.75) is 19.9 Å². The van der Waals surface area contributed by atoms with Gasteiger partial charge in [-0.15, -0.1) is 0 Å². The Labute approximate surface area is 176 Å². The van der Waals surface area contributed by atoms with Crippen LogP contribution < -0.4 is 15.4 Å². The summed E-state index contributed by atoms with van der Waals surface area (Å²) in [5.41, 5.74) is 3.96. The average Bonchev–Trinajstić information content (AvgIpc) is 3.16. The van der Waals surface area contributed by atoms with E-state index in [0.29, 0.717) is 17.3 Å². The molecule has 2 N–H and O–H groups in total. The highest BCUT2D eigenvalue weighted by Crippen LogP contribution is 2.38. The number of anilines is 2. The third-order valence-corrected chi connectivity index (χ3v) is 5.54. The number of fused-ring (bicyclic) bond motifs is 1. The van der Waals surface area contributed by atoms with Crippen LogP contribution in [0.1, 0.15) is 24.1 Å².